The summed E-state index contributed by atoms with van der Waals surface area (Å²) in [6.45, 7) is 4.50. The van der Waals surface area contributed by atoms with Crippen molar-refractivity contribution in [2.24, 2.45) is 17.6 Å². The fraction of sp³-hybridized carbons (Fsp3) is 0.692. The van der Waals surface area contributed by atoms with Gasteiger partial charge in [-0.15, -0.1) is 0 Å². The lowest BCUT2D eigenvalue weighted by Gasteiger charge is -2.17. The zero-order valence-electron chi connectivity index (χ0n) is 10.7. The van der Waals surface area contributed by atoms with E-state index in [1.807, 2.05) is 18.0 Å². The third-order valence-electron chi connectivity index (χ3n) is 4.40. The van der Waals surface area contributed by atoms with Gasteiger partial charge in [-0.2, -0.15) is 5.10 Å². The number of aromatic nitrogens is 2. The third-order valence-corrected chi connectivity index (χ3v) is 4.40. The van der Waals surface area contributed by atoms with Gasteiger partial charge in [-0.05, 0) is 31.6 Å². The average molecular weight is 248 g/mol. The van der Waals surface area contributed by atoms with E-state index < -0.39 is 0 Å². The fourth-order valence-electron chi connectivity index (χ4n) is 3.30. The van der Waals surface area contributed by atoms with Crippen molar-refractivity contribution in [2.75, 3.05) is 13.1 Å². The second-order valence-corrected chi connectivity index (χ2v) is 5.46. The van der Waals surface area contributed by atoms with Gasteiger partial charge in [0, 0.05) is 31.9 Å². The van der Waals surface area contributed by atoms with Crippen LogP contribution >= 0.6 is 0 Å². The zero-order chi connectivity index (χ0) is 12.7. The van der Waals surface area contributed by atoms with Crippen LogP contribution in [0.2, 0.25) is 0 Å². The predicted octanol–water partition coefficient (Wildman–Crippen LogP) is 0.712. The van der Waals surface area contributed by atoms with Gasteiger partial charge in [0.05, 0.1) is 11.8 Å². The van der Waals surface area contributed by atoms with Crippen molar-refractivity contribution in [3.8, 4) is 0 Å². The standard InChI is InChI=1S/C13H20N4O/c1-2-17-7-10(5-15-17)13(18)16-6-9-3-4-12(14)11(9)8-16/h5,7,9,11-12H,2-4,6,8,14H2,1H3/t9-,11+,12-/m0/s1. The topological polar surface area (TPSA) is 64.2 Å². The highest BCUT2D eigenvalue weighted by Crippen LogP contribution is 2.37. The third kappa shape index (κ3) is 1.82. The van der Waals surface area contributed by atoms with Crippen molar-refractivity contribution in [1.29, 1.82) is 0 Å². The van der Waals surface area contributed by atoms with E-state index in [1.54, 1.807) is 10.9 Å². The Morgan fingerprint density at radius 3 is 3.00 bits per heavy atom. The Hall–Kier alpha value is -1.36. The highest BCUT2D eigenvalue weighted by atomic mass is 16.2. The Bertz CT molecular complexity index is 456. The molecule has 3 rings (SSSR count). The Balaban J connectivity index is 1.71. The van der Waals surface area contributed by atoms with E-state index in [-0.39, 0.29) is 11.9 Å². The summed E-state index contributed by atoms with van der Waals surface area (Å²) < 4.78 is 1.79. The second-order valence-electron chi connectivity index (χ2n) is 5.46. The Morgan fingerprint density at radius 2 is 2.33 bits per heavy atom. The number of fused-ring (bicyclic) bond motifs is 1. The molecule has 3 atom stereocenters. The molecule has 0 spiro atoms. The lowest BCUT2D eigenvalue weighted by molar-refractivity contribution is 0.0779. The summed E-state index contributed by atoms with van der Waals surface area (Å²) in [6, 6.07) is 0.283. The Morgan fingerprint density at radius 1 is 1.50 bits per heavy atom. The molecule has 1 aliphatic heterocycles. The molecular formula is C13H20N4O. The quantitative estimate of drug-likeness (QED) is 0.838. The molecule has 0 aromatic carbocycles. The number of carbonyl (C=O) groups excluding carboxylic acids is 1. The average Bonchev–Trinajstić information content (AvgIpc) is 3.06. The highest BCUT2D eigenvalue weighted by molar-refractivity contribution is 5.94. The first-order valence-electron chi connectivity index (χ1n) is 6.76. The van der Waals surface area contributed by atoms with Crippen LogP contribution in [-0.4, -0.2) is 39.7 Å². The first-order valence-corrected chi connectivity index (χ1v) is 6.76. The monoisotopic (exact) mass is 248 g/mol. The Kier molecular flexibility index (Phi) is 2.86. The summed E-state index contributed by atoms with van der Waals surface area (Å²) in [4.78, 5) is 14.3. The van der Waals surface area contributed by atoms with E-state index in [1.165, 1.54) is 6.42 Å². The van der Waals surface area contributed by atoms with Crippen LogP contribution in [-0.2, 0) is 6.54 Å². The maximum Gasteiger partial charge on any atom is 0.257 e. The minimum atomic E-state index is 0.108. The number of rotatable bonds is 2. The minimum absolute atomic E-state index is 0.108. The number of hydrogen-bond donors (Lipinski definition) is 1. The molecule has 2 heterocycles. The molecule has 5 heteroatoms. The molecule has 1 aromatic heterocycles. The van der Waals surface area contributed by atoms with Crippen LogP contribution in [0.5, 0.6) is 0 Å². The first kappa shape index (κ1) is 11.7. The van der Waals surface area contributed by atoms with Crippen LogP contribution in [0.15, 0.2) is 12.4 Å². The van der Waals surface area contributed by atoms with E-state index in [2.05, 4.69) is 5.10 Å². The van der Waals surface area contributed by atoms with Crippen LogP contribution in [0.25, 0.3) is 0 Å². The Labute approximate surface area is 107 Å². The van der Waals surface area contributed by atoms with Gasteiger partial charge in [-0.1, -0.05) is 0 Å². The van der Waals surface area contributed by atoms with Crippen molar-refractivity contribution in [3.05, 3.63) is 18.0 Å². The minimum Gasteiger partial charge on any atom is -0.338 e. The summed E-state index contributed by atoms with van der Waals surface area (Å²) >= 11 is 0. The number of nitrogens with zero attached hydrogens (tertiary/aromatic N) is 3. The number of nitrogens with two attached hydrogens (primary N) is 1. The van der Waals surface area contributed by atoms with Gasteiger partial charge in [0.2, 0.25) is 0 Å². The maximum atomic E-state index is 12.3. The smallest absolute Gasteiger partial charge is 0.257 e. The number of amides is 1. The van der Waals surface area contributed by atoms with Gasteiger partial charge in [0.1, 0.15) is 0 Å². The molecule has 0 radical (unpaired) electrons. The van der Waals surface area contributed by atoms with Gasteiger partial charge in [0.15, 0.2) is 0 Å². The van der Waals surface area contributed by atoms with Gasteiger partial charge in [-0.3, -0.25) is 9.48 Å². The van der Waals surface area contributed by atoms with E-state index in [9.17, 15) is 4.79 Å². The van der Waals surface area contributed by atoms with E-state index in [0.717, 1.165) is 26.1 Å². The van der Waals surface area contributed by atoms with Crippen LogP contribution in [0.1, 0.15) is 30.1 Å². The van der Waals surface area contributed by atoms with Gasteiger partial charge in [0.25, 0.3) is 5.91 Å². The van der Waals surface area contributed by atoms with E-state index in [0.29, 0.717) is 17.4 Å². The molecule has 5 nitrogen and oxygen atoms in total. The van der Waals surface area contributed by atoms with Crippen LogP contribution in [0, 0.1) is 11.8 Å². The summed E-state index contributed by atoms with van der Waals surface area (Å²) in [7, 11) is 0. The molecule has 1 saturated carbocycles. The van der Waals surface area contributed by atoms with Crippen LogP contribution in [0.3, 0.4) is 0 Å². The largest absolute Gasteiger partial charge is 0.338 e. The van der Waals surface area contributed by atoms with Gasteiger partial charge < -0.3 is 10.6 Å². The summed E-state index contributed by atoms with van der Waals surface area (Å²) in [5, 5.41) is 4.16. The SMILES string of the molecule is CCn1cc(C(=O)N2C[C@@H]3CC[C@H](N)[C@@H]3C2)cn1. The van der Waals surface area contributed by atoms with Crippen molar-refractivity contribution < 1.29 is 4.79 Å². The van der Waals surface area contributed by atoms with Crippen LogP contribution in [0.4, 0.5) is 0 Å². The molecule has 2 aliphatic rings. The molecule has 2 N–H and O–H groups in total. The second kappa shape index (κ2) is 4.39. The fourth-order valence-corrected chi connectivity index (χ4v) is 3.30. The zero-order valence-corrected chi connectivity index (χ0v) is 10.7. The van der Waals surface area contributed by atoms with Crippen molar-refractivity contribution in [2.45, 2.75) is 32.4 Å². The van der Waals surface area contributed by atoms with Crippen LogP contribution < -0.4 is 5.73 Å². The lowest BCUT2D eigenvalue weighted by Crippen LogP contribution is -2.33. The van der Waals surface area contributed by atoms with E-state index >= 15 is 0 Å². The highest BCUT2D eigenvalue weighted by Gasteiger charge is 2.42. The number of likely N-dealkylation sites (tertiary alicyclic amines) is 1. The number of hydrogen-bond acceptors (Lipinski definition) is 3. The van der Waals surface area contributed by atoms with Crippen molar-refractivity contribution >= 4 is 5.91 Å². The molecular weight excluding hydrogens is 228 g/mol. The van der Waals surface area contributed by atoms with E-state index in [4.69, 9.17) is 5.73 Å². The molecule has 2 fully saturated rings. The molecule has 0 unspecified atom stereocenters. The molecule has 1 saturated heterocycles. The molecule has 1 amide bonds. The summed E-state index contributed by atoms with van der Waals surface area (Å²) in [5.74, 6) is 1.23. The number of aryl methyl sites for hydroxylation is 1. The molecule has 18 heavy (non-hydrogen) atoms. The normalized spacial score (nSPS) is 30.8. The number of carbonyl (C=O) groups is 1. The van der Waals surface area contributed by atoms with Gasteiger partial charge >= 0.3 is 0 Å². The molecule has 98 valence electrons. The maximum absolute atomic E-state index is 12.3. The molecule has 1 aliphatic carbocycles. The first-order chi connectivity index (χ1) is 8.69. The summed E-state index contributed by atoms with van der Waals surface area (Å²) in [6.07, 6.45) is 5.78. The summed E-state index contributed by atoms with van der Waals surface area (Å²) in [5.41, 5.74) is 6.79. The van der Waals surface area contributed by atoms with Gasteiger partial charge in [-0.25, -0.2) is 0 Å². The van der Waals surface area contributed by atoms with Crippen molar-refractivity contribution in [1.82, 2.24) is 14.7 Å². The molecule has 1 aromatic rings. The molecule has 0 bridgehead atoms. The lowest BCUT2D eigenvalue weighted by atomic mass is 9.98. The predicted molar refractivity (Wildman–Crippen MR) is 68.0 cm³/mol. The van der Waals surface area contributed by atoms with Crippen molar-refractivity contribution in [3.63, 3.8) is 0 Å².